The third-order valence-corrected chi connectivity index (χ3v) is 1.40. The van der Waals surface area contributed by atoms with Gasteiger partial charge in [0, 0.05) is 0 Å². The smallest absolute Gasteiger partial charge is 0.104 e. The first-order chi connectivity index (χ1) is 4.86. The highest BCUT2D eigenvalue weighted by atomic mass is 16.6. The van der Waals surface area contributed by atoms with E-state index < -0.39 is 0 Å². The average molecular weight is 148 g/mol. The second-order valence-electron chi connectivity index (χ2n) is 2.28. The topological polar surface area (TPSA) is 58.9 Å². The van der Waals surface area contributed by atoms with E-state index in [1.54, 1.807) is 0 Å². The van der Waals surface area contributed by atoms with Gasteiger partial charge in [-0.25, -0.2) is 0 Å². The molecule has 4 nitrogen and oxygen atoms in total. The molecule has 1 rings (SSSR count). The lowest BCUT2D eigenvalue weighted by Crippen LogP contribution is -2.39. The summed E-state index contributed by atoms with van der Waals surface area (Å²) >= 11 is 0. The van der Waals surface area contributed by atoms with E-state index in [0.717, 1.165) is 0 Å². The highest BCUT2D eigenvalue weighted by molar-refractivity contribution is 4.66. The fraction of sp³-hybridized carbons (Fsp3) is 1.00. The van der Waals surface area contributed by atoms with Crippen LogP contribution < -0.4 is 0 Å². The largest absolute Gasteiger partial charge is 0.394 e. The number of hydrogen-bond acceptors (Lipinski definition) is 4. The Balaban J connectivity index is 2.25. The van der Waals surface area contributed by atoms with Crippen LogP contribution in [0.15, 0.2) is 0 Å². The summed E-state index contributed by atoms with van der Waals surface area (Å²) in [4.78, 5) is 0. The van der Waals surface area contributed by atoms with E-state index in [4.69, 9.17) is 19.7 Å². The average Bonchev–Trinajstić information content (AvgIpc) is 2.05. The normalized spacial score (nSPS) is 34.2. The minimum Gasteiger partial charge on any atom is -0.394 e. The quantitative estimate of drug-likeness (QED) is 0.514. The number of aliphatic hydroxyl groups excluding tert-OH is 2. The van der Waals surface area contributed by atoms with Gasteiger partial charge in [-0.2, -0.15) is 0 Å². The van der Waals surface area contributed by atoms with Crippen LogP contribution in [0.4, 0.5) is 0 Å². The van der Waals surface area contributed by atoms with Gasteiger partial charge in [0.1, 0.15) is 12.2 Å². The van der Waals surface area contributed by atoms with E-state index in [2.05, 4.69) is 0 Å². The minimum absolute atomic E-state index is 0.0451. The van der Waals surface area contributed by atoms with E-state index in [9.17, 15) is 0 Å². The van der Waals surface area contributed by atoms with Crippen molar-refractivity contribution in [2.24, 2.45) is 0 Å². The highest BCUT2D eigenvalue weighted by Gasteiger charge is 2.21. The minimum atomic E-state index is -0.258. The van der Waals surface area contributed by atoms with Crippen LogP contribution in [-0.2, 0) is 9.47 Å². The second-order valence-corrected chi connectivity index (χ2v) is 2.28. The molecular weight excluding hydrogens is 136 g/mol. The summed E-state index contributed by atoms with van der Waals surface area (Å²) in [5.41, 5.74) is 0. The van der Waals surface area contributed by atoms with Gasteiger partial charge in [0.15, 0.2) is 0 Å². The molecule has 0 unspecified atom stereocenters. The van der Waals surface area contributed by atoms with Gasteiger partial charge in [0.2, 0.25) is 0 Å². The number of ether oxygens (including phenoxy) is 2. The molecule has 0 aliphatic carbocycles. The van der Waals surface area contributed by atoms with E-state index in [0.29, 0.717) is 13.2 Å². The maximum absolute atomic E-state index is 8.62. The van der Waals surface area contributed by atoms with E-state index >= 15 is 0 Å². The lowest BCUT2D eigenvalue weighted by atomic mass is 10.3. The van der Waals surface area contributed by atoms with Crippen molar-refractivity contribution in [2.45, 2.75) is 12.2 Å². The van der Waals surface area contributed by atoms with Crippen LogP contribution in [0.25, 0.3) is 0 Å². The molecule has 10 heavy (non-hydrogen) atoms. The molecule has 1 saturated heterocycles. The summed E-state index contributed by atoms with van der Waals surface area (Å²) in [5, 5.41) is 17.2. The van der Waals surface area contributed by atoms with Crippen LogP contribution in [0.1, 0.15) is 0 Å². The van der Waals surface area contributed by atoms with Crippen molar-refractivity contribution in [2.75, 3.05) is 26.4 Å². The Kier molecular flexibility index (Phi) is 3.08. The van der Waals surface area contributed by atoms with Gasteiger partial charge in [-0.3, -0.25) is 0 Å². The van der Waals surface area contributed by atoms with E-state index in [1.807, 2.05) is 0 Å². The Hall–Kier alpha value is -0.160. The third-order valence-electron chi connectivity index (χ3n) is 1.40. The monoisotopic (exact) mass is 148 g/mol. The van der Waals surface area contributed by atoms with E-state index in [-0.39, 0.29) is 25.4 Å². The fourth-order valence-corrected chi connectivity index (χ4v) is 0.873. The molecule has 0 bridgehead atoms. The molecule has 1 aliphatic rings. The summed E-state index contributed by atoms with van der Waals surface area (Å²) in [6.07, 6.45) is -0.517. The van der Waals surface area contributed by atoms with Gasteiger partial charge in [-0.1, -0.05) is 0 Å². The zero-order chi connectivity index (χ0) is 7.40. The third kappa shape index (κ3) is 1.91. The first kappa shape index (κ1) is 7.94. The Morgan fingerprint density at radius 3 is 2.00 bits per heavy atom. The molecule has 0 aromatic heterocycles. The molecule has 0 saturated carbocycles. The zero-order valence-electron chi connectivity index (χ0n) is 5.69. The molecule has 60 valence electrons. The first-order valence-corrected chi connectivity index (χ1v) is 3.31. The molecule has 0 amide bonds. The van der Waals surface area contributed by atoms with Crippen LogP contribution in [0.5, 0.6) is 0 Å². The van der Waals surface area contributed by atoms with Crippen molar-refractivity contribution in [3.05, 3.63) is 0 Å². The summed E-state index contributed by atoms with van der Waals surface area (Å²) in [5.74, 6) is 0. The summed E-state index contributed by atoms with van der Waals surface area (Å²) in [6, 6.07) is 0. The molecule has 1 aliphatic heterocycles. The van der Waals surface area contributed by atoms with E-state index in [1.165, 1.54) is 0 Å². The van der Waals surface area contributed by atoms with Gasteiger partial charge in [-0.05, 0) is 0 Å². The zero-order valence-corrected chi connectivity index (χ0v) is 5.69. The summed E-state index contributed by atoms with van der Waals surface area (Å²) in [7, 11) is 0. The lowest BCUT2D eigenvalue weighted by molar-refractivity contribution is -0.161. The number of aliphatic hydroxyl groups is 2. The van der Waals surface area contributed by atoms with Gasteiger partial charge in [0.25, 0.3) is 0 Å². The van der Waals surface area contributed by atoms with Gasteiger partial charge >= 0.3 is 0 Å². The first-order valence-electron chi connectivity index (χ1n) is 3.31. The highest BCUT2D eigenvalue weighted by Crippen LogP contribution is 2.06. The van der Waals surface area contributed by atoms with Crippen molar-refractivity contribution < 1.29 is 19.7 Å². The van der Waals surface area contributed by atoms with Gasteiger partial charge in [-0.15, -0.1) is 0 Å². The van der Waals surface area contributed by atoms with Crippen LogP contribution in [-0.4, -0.2) is 48.8 Å². The molecule has 0 aromatic carbocycles. The summed E-state index contributed by atoms with van der Waals surface area (Å²) in [6.45, 7) is 0.757. The van der Waals surface area contributed by atoms with Crippen LogP contribution in [0, 0.1) is 0 Å². The molecule has 1 heterocycles. The van der Waals surface area contributed by atoms with Crippen molar-refractivity contribution in [1.29, 1.82) is 0 Å². The fourth-order valence-electron chi connectivity index (χ4n) is 0.873. The Morgan fingerprint density at radius 1 is 1.10 bits per heavy atom. The van der Waals surface area contributed by atoms with Crippen LogP contribution >= 0.6 is 0 Å². The molecule has 0 aromatic rings. The molecule has 2 N–H and O–H groups in total. The molecule has 2 atom stereocenters. The van der Waals surface area contributed by atoms with Crippen molar-refractivity contribution in [1.82, 2.24) is 0 Å². The Labute approximate surface area is 59.4 Å². The standard InChI is InChI=1S/C6H12O4/c7-1-5-3-9-4-6(2-8)10-5/h5-8H,1-4H2/t5-,6+. The van der Waals surface area contributed by atoms with Crippen LogP contribution in [0.3, 0.4) is 0 Å². The maximum atomic E-state index is 8.62. The predicted octanol–water partition coefficient (Wildman–Crippen LogP) is -1.24. The van der Waals surface area contributed by atoms with Crippen molar-refractivity contribution >= 4 is 0 Å². The van der Waals surface area contributed by atoms with Crippen LogP contribution in [0.2, 0.25) is 0 Å². The molecule has 0 spiro atoms. The summed E-state index contributed by atoms with van der Waals surface area (Å²) < 4.78 is 10.2. The Morgan fingerprint density at radius 2 is 1.60 bits per heavy atom. The van der Waals surface area contributed by atoms with Crippen molar-refractivity contribution in [3.8, 4) is 0 Å². The maximum Gasteiger partial charge on any atom is 0.104 e. The lowest BCUT2D eigenvalue weighted by Gasteiger charge is -2.27. The predicted molar refractivity (Wildman–Crippen MR) is 33.7 cm³/mol. The van der Waals surface area contributed by atoms with Gasteiger partial charge in [0.05, 0.1) is 26.4 Å². The SMILES string of the molecule is OC[C@@H]1COC[C@H](CO)O1. The molecule has 1 fully saturated rings. The van der Waals surface area contributed by atoms with Crippen molar-refractivity contribution in [3.63, 3.8) is 0 Å². The molecular formula is C6H12O4. The van der Waals surface area contributed by atoms with Gasteiger partial charge < -0.3 is 19.7 Å². The molecule has 4 heteroatoms. The Bertz CT molecular complexity index is 85.7. The second kappa shape index (κ2) is 3.88. The number of rotatable bonds is 2. The number of hydrogen-bond donors (Lipinski definition) is 2. The molecule has 0 radical (unpaired) electrons.